The van der Waals surface area contributed by atoms with Crippen molar-refractivity contribution in [2.24, 2.45) is 11.3 Å². The first kappa shape index (κ1) is 15.1. The number of hydrogen-bond donors (Lipinski definition) is 0. The number of fused-ring (bicyclic) bond motifs is 1. The summed E-state index contributed by atoms with van der Waals surface area (Å²) in [6, 6.07) is 15.2. The number of likely N-dealkylation sites (tertiary alicyclic amines) is 1. The van der Waals surface area contributed by atoms with E-state index in [9.17, 15) is 4.79 Å². The first-order chi connectivity index (χ1) is 10.4. The van der Waals surface area contributed by atoms with Crippen LogP contribution in [-0.4, -0.2) is 23.9 Å². The minimum absolute atomic E-state index is 0.111. The third kappa shape index (κ3) is 2.63. The first-order valence-electron chi connectivity index (χ1n) is 8.11. The van der Waals surface area contributed by atoms with Crippen molar-refractivity contribution in [3.05, 3.63) is 48.0 Å². The molecule has 1 aliphatic heterocycles. The molecule has 0 aromatic heterocycles. The summed E-state index contributed by atoms with van der Waals surface area (Å²) in [5.41, 5.74) is 1.43. The Kier molecular flexibility index (Phi) is 3.72. The van der Waals surface area contributed by atoms with Crippen LogP contribution in [0.4, 0.5) is 0 Å². The van der Waals surface area contributed by atoms with Crippen molar-refractivity contribution in [3.8, 4) is 0 Å². The molecular weight excluding hydrogens is 270 g/mol. The number of hydrogen-bond acceptors (Lipinski definition) is 1. The van der Waals surface area contributed by atoms with Crippen LogP contribution in [0.2, 0.25) is 0 Å². The zero-order chi connectivity index (χ0) is 15.9. The number of rotatable bonds is 2. The van der Waals surface area contributed by atoms with Gasteiger partial charge in [0.1, 0.15) is 0 Å². The lowest BCUT2D eigenvalue weighted by atomic mass is 9.82. The van der Waals surface area contributed by atoms with E-state index >= 15 is 0 Å². The topological polar surface area (TPSA) is 20.3 Å². The molecule has 0 saturated carbocycles. The smallest absolute Gasteiger partial charge is 0.226 e. The van der Waals surface area contributed by atoms with E-state index in [4.69, 9.17) is 0 Å². The maximum Gasteiger partial charge on any atom is 0.226 e. The van der Waals surface area contributed by atoms with Gasteiger partial charge >= 0.3 is 0 Å². The molecule has 2 heteroatoms. The lowest BCUT2D eigenvalue weighted by Gasteiger charge is -2.32. The van der Waals surface area contributed by atoms with E-state index < -0.39 is 0 Å². The molecule has 0 bridgehead atoms. The number of amides is 1. The first-order valence-corrected chi connectivity index (χ1v) is 8.11. The molecule has 2 aromatic carbocycles. The summed E-state index contributed by atoms with van der Waals surface area (Å²) in [6.45, 7) is 6.67. The summed E-state index contributed by atoms with van der Waals surface area (Å²) < 4.78 is 0. The molecule has 0 radical (unpaired) electrons. The highest BCUT2D eigenvalue weighted by atomic mass is 16.2. The summed E-state index contributed by atoms with van der Waals surface area (Å²) in [6.07, 6.45) is 1.80. The Hall–Kier alpha value is -1.83. The number of nitrogens with zero attached hydrogens (tertiary/aromatic N) is 1. The average molecular weight is 295 g/mol. The summed E-state index contributed by atoms with van der Waals surface area (Å²) in [5.74, 6) is 0.410. The normalized spacial score (nSPS) is 22.5. The van der Waals surface area contributed by atoms with Gasteiger partial charge in [-0.2, -0.15) is 0 Å². The Morgan fingerprint density at radius 3 is 2.45 bits per heavy atom. The second-order valence-electron chi connectivity index (χ2n) is 7.61. The van der Waals surface area contributed by atoms with Gasteiger partial charge < -0.3 is 4.90 Å². The molecular formula is C20H25NO. The Bertz CT molecular complexity index is 693. The molecule has 116 valence electrons. The Morgan fingerprint density at radius 1 is 1.09 bits per heavy atom. The molecule has 1 fully saturated rings. The van der Waals surface area contributed by atoms with E-state index in [1.165, 1.54) is 16.3 Å². The fourth-order valence-corrected chi connectivity index (χ4v) is 3.81. The molecule has 1 aliphatic rings. The zero-order valence-corrected chi connectivity index (χ0v) is 14.0. The summed E-state index contributed by atoms with van der Waals surface area (Å²) in [7, 11) is 1.96. The molecule has 1 amide bonds. The van der Waals surface area contributed by atoms with Crippen LogP contribution in [0.15, 0.2) is 42.5 Å². The van der Waals surface area contributed by atoms with Crippen molar-refractivity contribution < 1.29 is 4.79 Å². The predicted molar refractivity (Wildman–Crippen MR) is 91.8 cm³/mol. The van der Waals surface area contributed by atoms with E-state index in [-0.39, 0.29) is 11.3 Å². The highest BCUT2D eigenvalue weighted by Gasteiger charge is 2.42. The van der Waals surface area contributed by atoms with Gasteiger partial charge in [0.15, 0.2) is 0 Å². The molecule has 1 saturated heterocycles. The second kappa shape index (κ2) is 5.42. The van der Waals surface area contributed by atoms with Gasteiger partial charge in [-0.25, -0.2) is 0 Å². The van der Waals surface area contributed by atoms with Crippen LogP contribution in [0.25, 0.3) is 10.8 Å². The van der Waals surface area contributed by atoms with Crippen molar-refractivity contribution in [2.75, 3.05) is 7.05 Å². The highest BCUT2D eigenvalue weighted by molar-refractivity contribution is 5.87. The van der Waals surface area contributed by atoms with Crippen molar-refractivity contribution in [3.63, 3.8) is 0 Å². The van der Waals surface area contributed by atoms with Crippen LogP contribution in [0.3, 0.4) is 0 Å². The minimum atomic E-state index is 0.111. The molecule has 2 aromatic rings. The van der Waals surface area contributed by atoms with Crippen LogP contribution >= 0.6 is 0 Å². The summed E-state index contributed by atoms with van der Waals surface area (Å²) in [4.78, 5) is 14.6. The highest BCUT2D eigenvalue weighted by Crippen LogP contribution is 2.37. The van der Waals surface area contributed by atoms with Crippen molar-refractivity contribution in [1.82, 2.24) is 4.90 Å². The Morgan fingerprint density at radius 2 is 1.77 bits per heavy atom. The van der Waals surface area contributed by atoms with Gasteiger partial charge in [-0.3, -0.25) is 4.79 Å². The van der Waals surface area contributed by atoms with Crippen LogP contribution in [0, 0.1) is 11.3 Å². The van der Waals surface area contributed by atoms with Crippen LogP contribution < -0.4 is 0 Å². The molecule has 3 rings (SSSR count). The maximum atomic E-state index is 12.6. The van der Waals surface area contributed by atoms with Gasteiger partial charge in [-0.15, -0.1) is 0 Å². The van der Waals surface area contributed by atoms with Crippen molar-refractivity contribution >= 4 is 16.7 Å². The fourth-order valence-electron chi connectivity index (χ4n) is 3.81. The fraction of sp³-hybridized carbons (Fsp3) is 0.450. The van der Waals surface area contributed by atoms with Gasteiger partial charge in [0.25, 0.3) is 0 Å². The van der Waals surface area contributed by atoms with E-state index in [0.29, 0.717) is 11.9 Å². The number of carbonyl (C=O) groups excluding carboxylic acids is 1. The van der Waals surface area contributed by atoms with Gasteiger partial charge in [0.2, 0.25) is 5.91 Å². The van der Waals surface area contributed by atoms with Gasteiger partial charge in [-0.05, 0) is 34.6 Å². The second-order valence-corrected chi connectivity index (χ2v) is 7.61. The van der Waals surface area contributed by atoms with E-state index in [1.54, 1.807) is 0 Å². The minimum Gasteiger partial charge on any atom is -0.342 e. The van der Waals surface area contributed by atoms with Crippen LogP contribution in [0.1, 0.15) is 32.8 Å². The summed E-state index contributed by atoms with van der Waals surface area (Å²) in [5, 5.41) is 2.53. The quantitative estimate of drug-likeness (QED) is 0.810. The Labute approximate surface area is 133 Å². The maximum absolute atomic E-state index is 12.6. The molecule has 1 heterocycles. The molecule has 0 N–H and O–H groups in total. The molecule has 2 atom stereocenters. The SMILES string of the molecule is CN1C(=O)[C@@H](Cc2cccc3ccccc23)C[C@H]1C(C)(C)C. The standard InChI is InChI=1S/C20H25NO/c1-20(2,3)18-13-16(19(22)21(18)4)12-15-10-7-9-14-8-5-6-11-17(14)15/h5-11,16,18H,12-13H2,1-4H3/t16-,18-/m0/s1. The van der Waals surface area contributed by atoms with Crippen LogP contribution in [-0.2, 0) is 11.2 Å². The number of benzene rings is 2. The van der Waals surface area contributed by atoms with E-state index in [0.717, 1.165) is 12.8 Å². The van der Waals surface area contributed by atoms with Crippen molar-refractivity contribution in [1.29, 1.82) is 0 Å². The molecule has 0 spiro atoms. The molecule has 0 unspecified atom stereocenters. The van der Waals surface area contributed by atoms with E-state index in [2.05, 4.69) is 63.2 Å². The third-order valence-corrected chi connectivity index (χ3v) is 5.02. The molecule has 0 aliphatic carbocycles. The largest absolute Gasteiger partial charge is 0.342 e. The monoisotopic (exact) mass is 295 g/mol. The van der Waals surface area contributed by atoms with Gasteiger partial charge in [0, 0.05) is 19.0 Å². The predicted octanol–water partition coefficient (Wildman–Crippen LogP) is 4.28. The lowest BCUT2D eigenvalue weighted by Crippen LogP contribution is -2.38. The zero-order valence-electron chi connectivity index (χ0n) is 14.0. The average Bonchev–Trinajstić information content (AvgIpc) is 2.76. The molecule has 22 heavy (non-hydrogen) atoms. The summed E-state index contributed by atoms with van der Waals surface area (Å²) >= 11 is 0. The van der Waals surface area contributed by atoms with Gasteiger partial charge in [0.05, 0.1) is 0 Å². The van der Waals surface area contributed by atoms with Gasteiger partial charge in [-0.1, -0.05) is 63.2 Å². The number of carbonyl (C=O) groups is 1. The third-order valence-electron chi connectivity index (χ3n) is 5.02. The van der Waals surface area contributed by atoms with Crippen LogP contribution in [0.5, 0.6) is 0 Å². The molecule has 2 nitrogen and oxygen atoms in total. The lowest BCUT2D eigenvalue weighted by molar-refractivity contribution is -0.131. The van der Waals surface area contributed by atoms with E-state index in [1.807, 2.05) is 11.9 Å². The Balaban J connectivity index is 1.88. The van der Waals surface area contributed by atoms with Crippen molar-refractivity contribution in [2.45, 2.75) is 39.7 Å².